The molecule has 2 rings (SSSR count). The van der Waals surface area contributed by atoms with Crippen LogP contribution in [0, 0.1) is 19.7 Å². The number of benzene rings is 1. The van der Waals surface area contributed by atoms with Gasteiger partial charge in [0.25, 0.3) is 0 Å². The van der Waals surface area contributed by atoms with Gasteiger partial charge in [0, 0.05) is 18.0 Å². The quantitative estimate of drug-likeness (QED) is 0.189. The first-order valence-electron chi connectivity index (χ1n) is 8.42. The molecule has 0 fully saturated rings. The highest BCUT2D eigenvalue weighted by atomic mass is 127. The number of aryl methyl sites for hydroxylation is 2. The number of thioether (sulfide) groups is 1. The van der Waals surface area contributed by atoms with Crippen molar-refractivity contribution in [2.24, 2.45) is 4.99 Å². The van der Waals surface area contributed by atoms with Crippen molar-refractivity contribution in [3.63, 3.8) is 0 Å². The van der Waals surface area contributed by atoms with Crippen LogP contribution in [0.3, 0.4) is 0 Å². The molecule has 0 aliphatic carbocycles. The fraction of sp³-hybridized carbons (Fsp3) is 0.444. The first-order chi connectivity index (χ1) is 12.1. The van der Waals surface area contributed by atoms with Gasteiger partial charge in [-0.3, -0.25) is 0 Å². The molecule has 26 heavy (non-hydrogen) atoms. The Balaban J connectivity index is 0.00000338. The molecule has 2 N–H and O–H groups in total. The molecule has 8 heteroatoms. The lowest BCUT2D eigenvalue weighted by molar-refractivity contribution is 0.473. The minimum absolute atomic E-state index is 0. The van der Waals surface area contributed by atoms with E-state index in [1.165, 1.54) is 12.1 Å². The zero-order valence-corrected chi connectivity index (χ0v) is 18.5. The monoisotopic (exact) mass is 492 g/mol. The molecule has 0 bridgehead atoms. The molecular formula is C18H26FIN4OS. The summed E-state index contributed by atoms with van der Waals surface area (Å²) in [6, 6.07) is 6.59. The molecule has 0 unspecified atom stereocenters. The predicted octanol–water partition coefficient (Wildman–Crippen LogP) is 4.29. The minimum atomic E-state index is -0.200. The standard InChI is InChI=1S/C18H25FN4OS.HI/c1-4-20-18(22-12-17-23-13(2)14(3)24-17)21-10-5-11-25-16-8-6-15(19)7-9-16;/h6-9H,4-5,10-12H2,1-3H3,(H2,20,21,22);1H. The highest BCUT2D eigenvalue weighted by Gasteiger charge is 2.05. The molecule has 1 aromatic carbocycles. The fourth-order valence-corrected chi connectivity index (χ4v) is 2.95. The summed E-state index contributed by atoms with van der Waals surface area (Å²) in [5, 5.41) is 6.51. The van der Waals surface area contributed by atoms with Gasteiger partial charge in [-0.2, -0.15) is 0 Å². The first-order valence-corrected chi connectivity index (χ1v) is 9.40. The highest BCUT2D eigenvalue weighted by molar-refractivity contribution is 14.0. The van der Waals surface area contributed by atoms with Gasteiger partial charge in [0.05, 0.1) is 5.69 Å². The number of aliphatic imine (C=N–C) groups is 1. The van der Waals surface area contributed by atoms with Crippen LogP contribution in [-0.4, -0.2) is 29.8 Å². The maximum atomic E-state index is 12.9. The molecule has 0 saturated heterocycles. The Labute approximate surface area is 175 Å². The van der Waals surface area contributed by atoms with Crippen molar-refractivity contribution in [1.29, 1.82) is 0 Å². The zero-order valence-electron chi connectivity index (χ0n) is 15.3. The fourth-order valence-electron chi connectivity index (χ4n) is 2.10. The van der Waals surface area contributed by atoms with Crippen molar-refractivity contribution >= 4 is 41.7 Å². The third-order valence-corrected chi connectivity index (χ3v) is 4.58. The molecule has 2 aromatic rings. The van der Waals surface area contributed by atoms with Gasteiger partial charge in [-0.05, 0) is 57.2 Å². The Kier molecular flexibility index (Phi) is 10.6. The summed E-state index contributed by atoms with van der Waals surface area (Å²) in [4.78, 5) is 9.91. The topological polar surface area (TPSA) is 62.5 Å². The van der Waals surface area contributed by atoms with E-state index in [0.29, 0.717) is 12.4 Å². The second-order valence-corrected chi connectivity index (χ2v) is 6.70. The molecule has 0 spiro atoms. The van der Waals surface area contributed by atoms with Gasteiger partial charge >= 0.3 is 0 Å². The SMILES string of the molecule is CCNC(=NCc1nc(C)c(C)o1)NCCCSc1ccc(F)cc1.I. The Morgan fingerprint density at radius 3 is 2.58 bits per heavy atom. The van der Waals surface area contributed by atoms with E-state index in [0.717, 1.165) is 47.6 Å². The molecule has 0 saturated carbocycles. The number of nitrogens with one attached hydrogen (secondary N) is 2. The molecule has 0 amide bonds. The average molecular weight is 492 g/mol. The second kappa shape index (κ2) is 12.2. The lowest BCUT2D eigenvalue weighted by Gasteiger charge is -2.10. The van der Waals surface area contributed by atoms with E-state index in [-0.39, 0.29) is 29.8 Å². The number of hydrogen-bond donors (Lipinski definition) is 2. The molecule has 0 aliphatic heterocycles. The Morgan fingerprint density at radius 2 is 1.96 bits per heavy atom. The number of halogens is 2. The van der Waals surface area contributed by atoms with Crippen LogP contribution < -0.4 is 10.6 Å². The highest BCUT2D eigenvalue weighted by Crippen LogP contribution is 2.18. The van der Waals surface area contributed by atoms with Crippen LogP contribution in [0.4, 0.5) is 4.39 Å². The lowest BCUT2D eigenvalue weighted by Crippen LogP contribution is -2.37. The van der Waals surface area contributed by atoms with Gasteiger partial charge in [0.1, 0.15) is 18.1 Å². The van der Waals surface area contributed by atoms with E-state index in [4.69, 9.17) is 4.42 Å². The summed E-state index contributed by atoms with van der Waals surface area (Å²) in [5.41, 5.74) is 0.904. The Bertz CT molecular complexity index is 671. The molecule has 144 valence electrons. The summed E-state index contributed by atoms with van der Waals surface area (Å²) < 4.78 is 18.4. The lowest BCUT2D eigenvalue weighted by atomic mass is 10.4. The number of hydrogen-bond acceptors (Lipinski definition) is 4. The zero-order chi connectivity index (χ0) is 18.1. The smallest absolute Gasteiger partial charge is 0.216 e. The van der Waals surface area contributed by atoms with Crippen molar-refractivity contribution < 1.29 is 8.81 Å². The number of rotatable bonds is 8. The van der Waals surface area contributed by atoms with E-state index in [1.54, 1.807) is 23.9 Å². The van der Waals surface area contributed by atoms with Crippen LogP contribution in [0.1, 0.15) is 30.7 Å². The van der Waals surface area contributed by atoms with E-state index in [1.807, 2.05) is 20.8 Å². The van der Waals surface area contributed by atoms with Crippen LogP contribution in [-0.2, 0) is 6.54 Å². The van der Waals surface area contributed by atoms with Gasteiger partial charge in [-0.25, -0.2) is 14.4 Å². The molecule has 5 nitrogen and oxygen atoms in total. The minimum Gasteiger partial charge on any atom is -0.444 e. The van der Waals surface area contributed by atoms with Crippen molar-refractivity contribution in [2.75, 3.05) is 18.8 Å². The summed E-state index contributed by atoms with van der Waals surface area (Å²) in [6.45, 7) is 7.87. The largest absolute Gasteiger partial charge is 0.444 e. The van der Waals surface area contributed by atoms with E-state index in [9.17, 15) is 4.39 Å². The van der Waals surface area contributed by atoms with Crippen LogP contribution in [0.25, 0.3) is 0 Å². The maximum absolute atomic E-state index is 12.9. The maximum Gasteiger partial charge on any atom is 0.216 e. The van der Waals surface area contributed by atoms with Crippen LogP contribution in [0.15, 0.2) is 38.6 Å². The molecule has 1 aromatic heterocycles. The molecule has 0 aliphatic rings. The van der Waals surface area contributed by atoms with Gasteiger partial charge in [0.15, 0.2) is 5.96 Å². The van der Waals surface area contributed by atoms with E-state index in [2.05, 4.69) is 20.6 Å². The first kappa shape index (κ1) is 22.8. The number of oxazole rings is 1. The summed E-state index contributed by atoms with van der Waals surface area (Å²) in [5.74, 6) is 2.97. The molecule has 1 heterocycles. The van der Waals surface area contributed by atoms with Gasteiger partial charge < -0.3 is 15.1 Å². The van der Waals surface area contributed by atoms with Crippen molar-refractivity contribution in [2.45, 2.75) is 38.6 Å². The second-order valence-electron chi connectivity index (χ2n) is 5.53. The van der Waals surface area contributed by atoms with Crippen LogP contribution in [0.5, 0.6) is 0 Å². The van der Waals surface area contributed by atoms with Crippen molar-refractivity contribution in [3.05, 3.63) is 47.4 Å². The molecule has 0 atom stereocenters. The number of aromatic nitrogens is 1. The summed E-state index contributed by atoms with van der Waals surface area (Å²) >= 11 is 1.72. The Hall–Kier alpha value is -1.29. The van der Waals surface area contributed by atoms with Gasteiger partial charge in [-0.15, -0.1) is 35.7 Å². The number of guanidine groups is 1. The third-order valence-electron chi connectivity index (χ3n) is 3.49. The van der Waals surface area contributed by atoms with Crippen LogP contribution >= 0.6 is 35.7 Å². The van der Waals surface area contributed by atoms with E-state index >= 15 is 0 Å². The normalized spacial score (nSPS) is 11.2. The van der Waals surface area contributed by atoms with Crippen molar-refractivity contribution in [3.8, 4) is 0 Å². The van der Waals surface area contributed by atoms with Gasteiger partial charge in [0.2, 0.25) is 5.89 Å². The van der Waals surface area contributed by atoms with Gasteiger partial charge in [-0.1, -0.05) is 0 Å². The van der Waals surface area contributed by atoms with Crippen molar-refractivity contribution in [1.82, 2.24) is 15.6 Å². The summed E-state index contributed by atoms with van der Waals surface area (Å²) in [7, 11) is 0. The number of nitrogens with zero attached hydrogens (tertiary/aromatic N) is 2. The Morgan fingerprint density at radius 1 is 1.23 bits per heavy atom. The molecular weight excluding hydrogens is 466 g/mol. The average Bonchev–Trinajstić information content (AvgIpc) is 2.92. The van der Waals surface area contributed by atoms with E-state index < -0.39 is 0 Å². The van der Waals surface area contributed by atoms with Crippen LogP contribution in [0.2, 0.25) is 0 Å². The molecule has 0 radical (unpaired) electrons. The predicted molar refractivity (Wildman–Crippen MR) is 116 cm³/mol. The summed E-state index contributed by atoms with van der Waals surface area (Å²) in [6.07, 6.45) is 0.976. The third kappa shape index (κ3) is 7.94.